The van der Waals surface area contributed by atoms with Gasteiger partial charge in [0.2, 0.25) is 0 Å². The lowest BCUT2D eigenvalue weighted by Gasteiger charge is -2.18. The second kappa shape index (κ2) is 8.38. The molecule has 6 nitrogen and oxygen atoms in total. The Bertz CT molecular complexity index is 703. The molecule has 1 aliphatic heterocycles. The first-order valence-electron chi connectivity index (χ1n) is 8.38. The zero-order valence-electron chi connectivity index (χ0n) is 14.9. The van der Waals surface area contributed by atoms with Gasteiger partial charge in [-0.2, -0.15) is 0 Å². The van der Waals surface area contributed by atoms with E-state index in [4.69, 9.17) is 9.47 Å². The number of likely N-dealkylation sites (N-methyl/N-ethyl adjacent to an activating group) is 1. The molecule has 0 saturated carbocycles. The molecular weight excluding hydrogens is 388 g/mol. The Morgan fingerprint density at radius 3 is 2.56 bits per heavy atom. The highest BCUT2D eigenvalue weighted by Gasteiger charge is 2.32. The van der Waals surface area contributed by atoms with Crippen LogP contribution in [-0.4, -0.2) is 36.1 Å². The molecule has 1 aliphatic rings. The van der Waals surface area contributed by atoms with Crippen LogP contribution < -0.4 is 14.8 Å². The summed E-state index contributed by atoms with van der Waals surface area (Å²) in [4.78, 5) is 25.1. The van der Waals surface area contributed by atoms with Crippen LogP contribution in [0.2, 0.25) is 0 Å². The SMILES string of the molecule is CCOc1cc(/C=C2/NC(=O)N(CC)C2=O)cc(Br)c1O[C@@H](C)CC. The molecule has 1 saturated heterocycles. The molecule has 1 N–H and O–H groups in total. The summed E-state index contributed by atoms with van der Waals surface area (Å²) in [5.41, 5.74) is 0.977. The smallest absolute Gasteiger partial charge is 0.328 e. The van der Waals surface area contributed by atoms with Gasteiger partial charge in [0.25, 0.3) is 5.91 Å². The van der Waals surface area contributed by atoms with E-state index >= 15 is 0 Å². The molecule has 3 amide bonds. The second-order valence-electron chi connectivity index (χ2n) is 5.64. The predicted octanol–water partition coefficient (Wildman–Crippen LogP) is 3.94. The average Bonchev–Trinajstić information content (AvgIpc) is 2.84. The maximum atomic E-state index is 12.2. The molecule has 0 aliphatic carbocycles. The molecule has 0 spiro atoms. The third-order valence-corrected chi connectivity index (χ3v) is 4.40. The number of imide groups is 1. The Hall–Kier alpha value is -2.02. The van der Waals surface area contributed by atoms with Crippen LogP contribution in [0.15, 0.2) is 22.3 Å². The molecule has 0 unspecified atom stereocenters. The van der Waals surface area contributed by atoms with Crippen molar-refractivity contribution in [1.82, 2.24) is 10.2 Å². The first-order valence-corrected chi connectivity index (χ1v) is 9.18. The topological polar surface area (TPSA) is 67.9 Å². The summed E-state index contributed by atoms with van der Waals surface area (Å²) in [5.74, 6) is 0.893. The van der Waals surface area contributed by atoms with E-state index in [1.807, 2.05) is 26.8 Å². The fourth-order valence-corrected chi connectivity index (χ4v) is 2.91. The first-order chi connectivity index (χ1) is 11.9. The van der Waals surface area contributed by atoms with Crippen molar-refractivity contribution in [3.05, 3.63) is 27.9 Å². The molecule has 0 bridgehead atoms. The van der Waals surface area contributed by atoms with Crippen LogP contribution in [0.4, 0.5) is 4.79 Å². The molecule has 1 aromatic rings. The fourth-order valence-electron chi connectivity index (χ4n) is 2.36. The van der Waals surface area contributed by atoms with Crippen LogP contribution in [0, 0.1) is 0 Å². The molecule has 1 aromatic carbocycles. The summed E-state index contributed by atoms with van der Waals surface area (Å²) in [5, 5.41) is 2.59. The van der Waals surface area contributed by atoms with Crippen molar-refractivity contribution < 1.29 is 19.1 Å². The lowest BCUT2D eigenvalue weighted by atomic mass is 10.1. The maximum Gasteiger partial charge on any atom is 0.328 e. The lowest BCUT2D eigenvalue weighted by molar-refractivity contribution is -0.122. The first kappa shape index (κ1) is 19.3. The molecular formula is C18H23BrN2O4. The zero-order chi connectivity index (χ0) is 18.6. The van der Waals surface area contributed by atoms with Gasteiger partial charge in [0.05, 0.1) is 17.2 Å². The van der Waals surface area contributed by atoms with Gasteiger partial charge in [-0.15, -0.1) is 0 Å². The van der Waals surface area contributed by atoms with Crippen molar-refractivity contribution >= 4 is 33.9 Å². The highest BCUT2D eigenvalue weighted by molar-refractivity contribution is 9.10. The van der Waals surface area contributed by atoms with Crippen molar-refractivity contribution in [3.63, 3.8) is 0 Å². The molecule has 1 atom stereocenters. The predicted molar refractivity (Wildman–Crippen MR) is 99.6 cm³/mol. The highest BCUT2D eigenvalue weighted by atomic mass is 79.9. The monoisotopic (exact) mass is 410 g/mol. The molecule has 1 fully saturated rings. The number of halogens is 1. The number of hydrogen-bond acceptors (Lipinski definition) is 4. The van der Waals surface area contributed by atoms with E-state index in [9.17, 15) is 9.59 Å². The van der Waals surface area contributed by atoms with Crippen LogP contribution in [0.5, 0.6) is 11.5 Å². The van der Waals surface area contributed by atoms with Gasteiger partial charge in [-0.1, -0.05) is 6.92 Å². The van der Waals surface area contributed by atoms with Crippen molar-refractivity contribution in [1.29, 1.82) is 0 Å². The lowest BCUT2D eigenvalue weighted by Crippen LogP contribution is -2.30. The number of nitrogens with one attached hydrogen (secondary N) is 1. The minimum absolute atomic E-state index is 0.0496. The van der Waals surface area contributed by atoms with E-state index in [1.54, 1.807) is 19.1 Å². The summed E-state index contributed by atoms with van der Waals surface area (Å²) in [6.45, 7) is 8.51. The maximum absolute atomic E-state index is 12.2. The number of carbonyl (C=O) groups excluding carboxylic acids is 2. The number of rotatable bonds is 7. The van der Waals surface area contributed by atoms with Crippen LogP contribution >= 0.6 is 15.9 Å². The van der Waals surface area contributed by atoms with Crippen molar-refractivity contribution in [2.45, 2.75) is 40.2 Å². The van der Waals surface area contributed by atoms with Crippen LogP contribution in [0.25, 0.3) is 6.08 Å². The van der Waals surface area contributed by atoms with Gasteiger partial charge in [0.15, 0.2) is 11.5 Å². The summed E-state index contributed by atoms with van der Waals surface area (Å²) >= 11 is 3.51. The van der Waals surface area contributed by atoms with Crippen LogP contribution in [-0.2, 0) is 4.79 Å². The Kier molecular flexibility index (Phi) is 6.47. The van der Waals surface area contributed by atoms with E-state index in [2.05, 4.69) is 21.2 Å². The second-order valence-corrected chi connectivity index (χ2v) is 6.49. The molecule has 2 rings (SSSR count). The summed E-state index contributed by atoms with van der Waals surface area (Å²) < 4.78 is 12.4. The number of benzene rings is 1. The van der Waals surface area contributed by atoms with E-state index in [0.717, 1.165) is 21.4 Å². The highest BCUT2D eigenvalue weighted by Crippen LogP contribution is 2.38. The van der Waals surface area contributed by atoms with E-state index < -0.39 is 6.03 Å². The third-order valence-electron chi connectivity index (χ3n) is 3.82. The van der Waals surface area contributed by atoms with Gasteiger partial charge >= 0.3 is 6.03 Å². The van der Waals surface area contributed by atoms with Crippen molar-refractivity contribution in [2.24, 2.45) is 0 Å². The molecule has 0 aromatic heterocycles. The molecule has 1 heterocycles. The van der Waals surface area contributed by atoms with Crippen molar-refractivity contribution in [3.8, 4) is 11.5 Å². The Balaban J connectivity index is 2.38. The van der Waals surface area contributed by atoms with E-state index in [1.165, 1.54) is 0 Å². The zero-order valence-corrected chi connectivity index (χ0v) is 16.5. The van der Waals surface area contributed by atoms with Gasteiger partial charge < -0.3 is 14.8 Å². The standard InChI is InChI=1S/C18H23BrN2O4/c1-5-11(4)25-16-13(19)8-12(10-15(16)24-7-3)9-14-17(22)21(6-2)18(23)20-14/h8-11H,5-7H2,1-4H3,(H,20,23)/b14-9+/t11-/m0/s1. The van der Waals surface area contributed by atoms with Crippen molar-refractivity contribution in [2.75, 3.05) is 13.2 Å². The summed E-state index contributed by atoms with van der Waals surface area (Å²) in [6, 6.07) is 3.23. The molecule has 25 heavy (non-hydrogen) atoms. The van der Waals surface area contributed by atoms with Crippen LogP contribution in [0.3, 0.4) is 0 Å². The molecule has 7 heteroatoms. The Labute approximate surface area is 156 Å². The molecule has 0 radical (unpaired) electrons. The normalized spacial score (nSPS) is 17.0. The summed E-state index contributed by atoms with van der Waals surface area (Å²) in [7, 11) is 0. The molecule has 136 valence electrons. The third kappa shape index (κ3) is 4.34. The van der Waals surface area contributed by atoms with Gasteiger partial charge in [0, 0.05) is 6.54 Å². The largest absolute Gasteiger partial charge is 0.490 e. The summed E-state index contributed by atoms with van der Waals surface area (Å²) in [6.07, 6.45) is 2.56. The van der Waals surface area contributed by atoms with Gasteiger partial charge in [0.1, 0.15) is 5.70 Å². The fraction of sp³-hybridized carbons (Fsp3) is 0.444. The number of ether oxygens (including phenoxy) is 2. The van der Waals surface area contributed by atoms with E-state index in [-0.39, 0.29) is 17.7 Å². The Morgan fingerprint density at radius 2 is 2.00 bits per heavy atom. The Morgan fingerprint density at radius 1 is 1.28 bits per heavy atom. The number of amides is 3. The van der Waals surface area contributed by atoms with Gasteiger partial charge in [-0.05, 0) is 66.9 Å². The van der Waals surface area contributed by atoms with E-state index in [0.29, 0.717) is 24.7 Å². The average molecular weight is 411 g/mol. The number of urea groups is 1. The number of carbonyl (C=O) groups is 2. The van der Waals surface area contributed by atoms with Gasteiger partial charge in [-0.25, -0.2) is 4.79 Å². The minimum atomic E-state index is -0.403. The van der Waals surface area contributed by atoms with Gasteiger partial charge in [-0.3, -0.25) is 9.69 Å². The van der Waals surface area contributed by atoms with Crippen LogP contribution in [0.1, 0.15) is 39.7 Å². The quantitative estimate of drug-likeness (QED) is 0.545. The number of hydrogen-bond donors (Lipinski definition) is 1. The minimum Gasteiger partial charge on any atom is -0.490 e. The number of nitrogens with zero attached hydrogens (tertiary/aromatic N) is 1.